The van der Waals surface area contributed by atoms with Crippen LogP contribution in [-0.2, 0) is 78.5 Å². The van der Waals surface area contributed by atoms with Gasteiger partial charge in [0.05, 0.1) is 49.3 Å². The van der Waals surface area contributed by atoms with Gasteiger partial charge in [0.15, 0.2) is 17.0 Å². The van der Waals surface area contributed by atoms with E-state index >= 15 is 0 Å². The minimum absolute atomic E-state index is 0.0263. The third kappa shape index (κ3) is 23.6. The van der Waals surface area contributed by atoms with E-state index in [0.29, 0.717) is 200 Å². The molecule has 690 valence electrons. The van der Waals surface area contributed by atoms with Crippen molar-refractivity contribution < 1.29 is 77.0 Å². The number of piperidine rings is 1. The van der Waals surface area contributed by atoms with E-state index in [4.69, 9.17) is 62.6 Å². The zero-order valence-electron chi connectivity index (χ0n) is 74.4. The maximum absolute atomic E-state index is 14.6. The molecule has 5 aromatic heterocycles. The number of aromatic nitrogens is 9. The van der Waals surface area contributed by atoms with Gasteiger partial charge in [0.1, 0.15) is 59.6 Å². The molecule has 6 aliphatic heterocycles. The van der Waals surface area contributed by atoms with Crippen LogP contribution in [-0.4, -0.2) is 273 Å². The summed E-state index contributed by atoms with van der Waals surface area (Å²) in [6.45, 7) is 17.1. The Labute approximate surface area is 755 Å². The van der Waals surface area contributed by atoms with E-state index in [1.165, 1.54) is 19.3 Å². The van der Waals surface area contributed by atoms with Crippen molar-refractivity contribution in [3.8, 4) is 11.3 Å². The minimum Gasteiger partial charge on any atom is -0.468 e. The molecule has 35 nitrogen and oxygen atoms in total. The summed E-state index contributed by atoms with van der Waals surface area (Å²) in [7, 11) is 1.56. The maximum Gasteiger partial charge on any atom is 0.329 e. The normalized spacial score (nSPS) is 27.1. The number of Topliss-reactive ketones (excluding diaryl/α,β-unsaturated/α-hetero) is 3. The van der Waals surface area contributed by atoms with Crippen molar-refractivity contribution >= 4 is 104 Å². The second-order valence-corrected chi connectivity index (χ2v) is 35.8. The molecule has 14 rings (SSSR count). The number of thiocarbonyl (C=S) groups is 1. The smallest absolute Gasteiger partial charge is 0.329 e. The first-order valence-corrected chi connectivity index (χ1v) is 45.6. The topological polar surface area (TPSA) is 457 Å². The minimum atomic E-state index is -2.45. The van der Waals surface area contributed by atoms with Crippen LogP contribution >= 0.6 is 12.2 Å². The number of ketones is 3. The number of anilines is 4. The highest BCUT2D eigenvalue weighted by Crippen LogP contribution is 2.38. The van der Waals surface area contributed by atoms with Gasteiger partial charge in [-0.2, -0.15) is 10.1 Å². The number of amides is 3. The van der Waals surface area contributed by atoms with Crippen molar-refractivity contribution in [3.63, 3.8) is 0 Å². The molecule has 0 unspecified atom stereocenters. The first-order valence-electron chi connectivity index (χ1n) is 45.2. The van der Waals surface area contributed by atoms with Gasteiger partial charge in [-0.3, -0.25) is 33.7 Å². The largest absolute Gasteiger partial charge is 0.468 e. The monoisotopic (exact) mass is 1790 g/mol. The molecule has 11 atom stereocenters. The molecule has 3 amide bonds. The van der Waals surface area contributed by atoms with E-state index in [2.05, 4.69) is 73.1 Å². The molecule has 11 heterocycles. The van der Waals surface area contributed by atoms with Gasteiger partial charge in [-0.05, 0) is 161 Å². The number of aliphatic hydroxyl groups is 3. The fraction of sp³-hybridized carbons (Fsp3) is 0.548. The molecule has 0 radical (unpaired) electrons. The van der Waals surface area contributed by atoms with Crippen molar-refractivity contribution in [1.82, 2.24) is 69.6 Å². The van der Waals surface area contributed by atoms with E-state index in [0.717, 1.165) is 57.9 Å². The average Bonchev–Trinajstić information content (AvgIpc) is 1.58. The Bertz CT molecular complexity index is 5270. The van der Waals surface area contributed by atoms with Gasteiger partial charge >= 0.3 is 5.97 Å². The molecule has 2 bridgehead atoms. The number of cyclic esters (lactones) is 1. The van der Waals surface area contributed by atoms with E-state index in [-0.39, 0.29) is 85.2 Å². The van der Waals surface area contributed by atoms with Crippen LogP contribution in [0.25, 0.3) is 33.4 Å². The number of hydrogen-bond acceptors (Lipinski definition) is 31. The first-order chi connectivity index (χ1) is 62.1. The molecular formula is C93H121N19O16S. The van der Waals surface area contributed by atoms with Crippen LogP contribution in [0.4, 0.5) is 23.7 Å². The predicted octanol–water partition coefficient (Wildman–Crippen LogP) is 7.26. The molecule has 4 saturated heterocycles. The zero-order chi connectivity index (χ0) is 91.2. The summed E-state index contributed by atoms with van der Waals surface area (Å²) in [5.74, 6) is -6.71. The number of nitrogen functional groups attached to an aromatic ring is 2. The number of ether oxygens (including phenoxy) is 5. The molecule has 7 aromatic rings. The Balaban J connectivity index is 0.484. The lowest BCUT2D eigenvalue weighted by Gasteiger charge is -2.40. The van der Waals surface area contributed by atoms with Crippen LogP contribution in [0.5, 0.6) is 0 Å². The van der Waals surface area contributed by atoms with Gasteiger partial charge in [-0.25, -0.2) is 39.4 Å². The SMILES string of the molecule is CO[C@H]1C[C@@H]2CCC[C@@](O)(O2)C(=O)C(=O)N2CCCC[C@H]2C(=O)O[C@H]([C@H](N)C[C@H]2CC[C@H](OC(=S)NCc3cnc(N4CCN(C(=O)CCOCCN5CCN(c6ncc(C(=O)N7CCc8cc(Cn9nc(-c%10ccc%11oc(N)nc%11c%10)c%10c(N)ncnc%109)ccc8C7)cn6)CC5)CC4)nc3)CC2)CC(=O)[C@H](C)/C=C(\C)[C@@H](O)[C@@H](O)C(=O)[C@H](C)C[C@H](C)/C=C/C=C/C=C/1C. The number of oxazole rings is 1. The molecular weight excluding hydrogens is 1670 g/mol. The standard InChI is InChI=1S/C93H121N19O16S/c1-56-13-8-7-9-14-57(2)75(123-6)46-69-15-12-27-93(122,128-69)83(118)87(120)111-28-11-10-16-72(111)88(121)126-76(47-73(113)58(3)42-60(5)81(116)82(117)80(115)59(4)41-56)70(94)44-61-18-22-68(23-19-61)125-92(129)101-50-63-48-97-90(98-49-63)109-36-34-107(35-37-109)77(114)26-39-124-40-38-106-30-32-108(33-31-106)91-99-51-67(52-100-91)86(119)110-29-25-64-43-62(17-20-66(64)54-110)53-112-85-78(84(95)102-55-103-85)79(105-112)65-21-24-74-71(45-65)104-89(96)127-74/h7-9,13-14,17,20-21,24,42-43,45,48-49,51-52,55-56,58-59,61,68-70,72,75-76,81-82,116-117,122H,10-12,15-16,18-19,22-23,25-41,44,46-47,50,53-54,94H2,1-6H3,(H2,96,104)(H,101,129)(H2,95,102,103)/b9-7+,13-8+,57-14+,60-42+/t56-,58-,59-,61-,68-,69+,70-,72+,75+,76+,81-,82+,93-/m1/s1. The van der Waals surface area contributed by atoms with E-state index in [9.17, 15) is 48.9 Å². The number of nitrogens with one attached hydrogen (secondary N) is 1. The molecule has 7 aliphatic rings. The highest BCUT2D eigenvalue weighted by atomic mass is 32.1. The molecule has 1 saturated carbocycles. The Hall–Kier alpha value is -11.0. The molecule has 129 heavy (non-hydrogen) atoms. The van der Waals surface area contributed by atoms with Crippen LogP contribution in [0.2, 0.25) is 0 Å². The second kappa shape index (κ2) is 43.2. The van der Waals surface area contributed by atoms with E-state index in [1.807, 2.05) is 70.8 Å². The molecule has 2 aromatic carbocycles. The van der Waals surface area contributed by atoms with Gasteiger partial charge in [0.25, 0.3) is 28.8 Å². The number of nitrogens with two attached hydrogens (primary N) is 3. The van der Waals surface area contributed by atoms with Gasteiger partial charge in [-0.15, -0.1) is 0 Å². The molecule has 10 N–H and O–H groups in total. The number of fused-ring (bicyclic) bond motifs is 6. The fourth-order valence-corrected chi connectivity index (χ4v) is 18.7. The number of carbonyl (C=O) groups is 7. The van der Waals surface area contributed by atoms with Crippen molar-refractivity contribution in [2.24, 2.45) is 29.4 Å². The number of hydrogen-bond donors (Lipinski definition) is 7. The number of esters is 1. The quantitative estimate of drug-likeness (QED) is 0.0138. The number of aliphatic hydroxyl groups excluding tert-OH is 2. The van der Waals surface area contributed by atoms with Gasteiger partial charge < -0.3 is 90.4 Å². The summed E-state index contributed by atoms with van der Waals surface area (Å²) in [4.78, 5) is 141. The molecule has 36 heteroatoms. The van der Waals surface area contributed by atoms with Crippen LogP contribution in [0.1, 0.15) is 164 Å². The number of methoxy groups -OCH3 is 1. The van der Waals surface area contributed by atoms with E-state index in [1.54, 1.807) is 51.8 Å². The number of carbonyl (C=O) groups excluding carboxylic acids is 7. The molecule has 1 aliphatic carbocycles. The number of piperazine rings is 2. The summed E-state index contributed by atoms with van der Waals surface area (Å²) >= 11 is 5.67. The third-order valence-electron chi connectivity index (χ3n) is 26.1. The fourth-order valence-electron chi connectivity index (χ4n) is 18.5. The van der Waals surface area contributed by atoms with Crippen LogP contribution in [0.15, 0.2) is 120 Å². The second-order valence-electron chi connectivity index (χ2n) is 35.4. The highest BCUT2D eigenvalue weighted by molar-refractivity contribution is 7.80. The predicted molar refractivity (Wildman–Crippen MR) is 485 cm³/mol. The first kappa shape index (κ1) is 94.2. The van der Waals surface area contributed by atoms with Crippen molar-refractivity contribution in [2.75, 3.05) is 114 Å². The zero-order valence-corrected chi connectivity index (χ0v) is 75.2. The number of nitrogens with zero attached hydrogens (tertiary/aromatic N) is 15. The maximum atomic E-state index is 14.6. The summed E-state index contributed by atoms with van der Waals surface area (Å²) in [6.07, 6.45) is 19.2. The summed E-state index contributed by atoms with van der Waals surface area (Å²) in [6, 6.07) is 9.79. The summed E-state index contributed by atoms with van der Waals surface area (Å²) in [5.41, 5.74) is 27.9. The molecule has 5 fully saturated rings. The van der Waals surface area contributed by atoms with E-state index < -0.39 is 89.5 Å². The lowest BCUT2D eigenvalue weighted by atomic mass is 9.81. The Kier molecular flexibility index (Phi) is 31.5. The van der Waals surface area contributed by atoms with Crippen LogP contribution < -0.4 is 32.3 Å². The Morgan fingerprint density at radius 3 is 2.24 bits per heavy atom. The number of benzene rings is 2. The summed E-state index contributed by atoms with van der Waals surface area (Å²) in [5, 5.41) is 43.4. The van der Waals surface area contributed by atoms with Gasteiger partial charge in [0.2, 0.25) is 23.6 Å². The third-order valence-corrected chi connectivity index (χ3v) is 26.4. The van der Waals surface area contributed by atoms with Crippen molar-refractivity contribution in [3.05, 3.63) is 143 Å². The average molecular weight is 1790 g/mol. The molecule has 0 spiro atoms. The Morgan fingerprint density at radius 2 is 1.50 bits per heavy atom. The lowest BCUT2D eigenvalue weighted by Crippen LogP contribution is -2.58. The van der Waals surface area contributed by atoms with Crippen molar-refractivity contribution in [2.45, 2.75) is 211 Å². The lowest BCUT2D eigenvalue weighted by molar-refractivity contribution is -0.245. The van der Waals surface area contributed by atoms with Crippen LogP contribution in [0, 0.1) is 23.7 Å². The van der Waals surface area contributed by atoms with Gasteiger partial charge in [-0.1, -0.05) is 75.4 Å². The number of allylic oxidation sites excluding steroid dienone is 6. The van der Waals surface area contributed by atoms with Gasteiger partial charge in [0, 0.05) is 165 Å². The number of rotatable bonds is 19. The highest BCUT2D eigenvalue weighted by Gasteiger charge is 2.50. The Morgan fingerprint density at radius 1 is 0.760 bits per heavy atom. The van der Waals surface area contributed by atoms with Crippen molar-refractivity contribution in [1.29, 1.82) is 0 Å². The summed E-state index contributed by atoms with van der Waals surface area (Å²) < 4.78 is 37.7. The van der Waals surface area contributed by atoms with Crippen LogP contribution in [0.3, 0.4) is 0 Å².